The zero-order chi connectivity index (χ0) is 18.6. The number of aryl methyl sites for hydroxylation is 1. The molecule has 0 aliphatic heterocycles. The highest BCUT2D eigenvalue weighted by Gasteiger charge is 2.10. The van der Waals surface area contributed by atoms with Gasteiger partial charge in [0, 0.05) is 24.5 Å². The number of hydrogen-bond donors (Lipinski definition) is 1. The van der Waals surface area contributed by atoms with E-state index in [1.165, 1.54) is 0 Å². The van der Waals surface area contributed by atoms with Gasteiger partial charge in [0.05, 0.1) is 18.3 Å². The molecular formula is C19H17N7O. The highest BCUT2D eigenvalue weighted by molar-refractivity contribution is 5.92. The van der Waals surface area contributed by atoms with Crippen molar-refractivity contribution in [3.05, 3.63) is 72.6 Å². The molecule has 0 spiro atoms. The summed E-state index contributed by atoms with van der Waals surface area (Å²) in [7, 11) is 1.77. The monoisotopic (exact) mass is 359 g/mol. The Balaban J connectivity index is 1.44. The molecule has 0 aliphatic carbocycles. The van der Waals surface area contributed by atoms with Crippen LogP contribution < -0.4 is 5.32 Å². The summed E-state index contributed by atoms with van der Waals surface area (Å²) in [5.41, 5.74) is 3.31. The summed E-state index contributed by atoms with van der Waals surface area (Å²) in [6.45, 7) is 0. The van der Waals surface area contributed by atoms with Crippen LogP contribution in [0, 0.1) is 0 Å². The lowest BCUT2D eigenvalue weighted by atomic mass is 10.2. The summed E-state index contributed by atoms with van der Waals surface area (Å²) in [6.07, 6.45) is 3.80. The number of benzene rings is 2. The Morgan fingerprint density at radius 3 is 2.74 bits per heavy atom. The van der Waals surface area contributed by atoms with Gasteiger partial charge in [0.15, 0.2) is 5.82 Å². The van der Waals surface area contributed by atoms with Crippen LogP contribution in [0.4, 0.5) is 5.69 Å². The van der Waals surface area contributed by atoms with Crippen LogP contribution in [0.15, 0.2) is 67.0 Å². The van der Waals surface area contributed by atoms with Crippen LogP contribution in [-0.4, -0.2) is 35.9 Å². The normalized spacial score (nSPS) is 10.7. The van der Waals surface area contributed by atoms with E-state index >= 15 is 0 Å². The van der Waals surface area contributed by atoms with Crippen molar-refractivity contribution in [1.82, 2.24) is 30.0 Å². The third-order valence-corrected chi connectivity index (χ3v) is 4.05. The molecule has 4 rings (SSSR count). The van der Waals surface area contributed by atoms with Gasteiger partial charge in [0.2, 0.25) is 5.91 Å². The maximum absolute atomic E-state index is 12.4. The first-order valence-electron chi connectivity index (χ1n) is 8.41. The largest absolute Gasteiger partial charge is 0.326 e. The second-order valence-corrected chi connectivity index (χ2v) is 6.06. The first kappa shape index (κ1) is 16.6. The number of nitrogens with one attached hydrogen (secondary N) is 1. The van der Waals surface area contributed by atoms with Crippen LogP contribution in [-0.2, 0) is 18.3 Å². The van der Waals surface area contributed by atoms with Crippen molar-refractivity contribution in [2.24, 2.45) is 7.05 Å². The molecule has 0 atom stereocenters. The van der Waals surface area contributed by atoms with Crippen LogP contribution in [0.2, 0.25) is 0 Å². The van der Waals surface area contributed by atoms with Gasteiger partial charge in [-0.05, 0) is 40.3 Å². The van der Waals surface area contributed by atoms with Gasteiger partial charge >= 0.3 is 0 Å². The number of rotatable bonds is 5. The molecule has 8 heteroatoms. The molecular weight excluding hydrogens is 342 g/mol. The molecule has 0 aliphatic rings. The SMILES string of the molecule is Cn1nnnc1-c1cccc(NC(=O)Cc2cnn(-c3ccccc3)c2)c1. The fraction of sp³-hybridized carbons (Fsp3) is 0.105. The summed E-state index contributed by atoms with van der Waals surface area (Å²) >= 11 is 0. The Kier molecular flexibility index (Phi) is 4.44. The van der Waals surface area contributed by atoms with Crippen molar-refractivity contribution in [3.8, 4) is 17.1 Å². The molecule has 134 valence electrons. The molecule has 1 N–H and O–H groups in total. The number of carbonyl (C=O) groups is 1. The molecule has 0 fully saturated rings. The summed E-state index contributed by atoms with van der Waals surface area (Å²) in [5.74, 6) is 0.520. The van der Waals surface area contributed by atoms with Crippen molar-refractivity contribution >= 4 is 11.6 Å². The Bertz CT molecular complexity index is 1070. The third kappa shape index (κ3) is 3.74. The second-order valence-electron chi connectivity index (χ2n) is 6.06. The lowest BCUT2D eigenvalue weighted by Crippen LogP contribution is -2.14. The molecule has 0 unspecified atom stereocenters. The van der Waals surface area contributed by atoms with E-state index < -0.39 is 0 Å². The molecule has 27 heavy (non-hydrogen) atoms. The van der Waals surface area contributed by atoms with Crippen molar-refractivity contribution in [1.29, 1.82) is 0 Å². The number of hydrogen-bond acceptors (Lipinski definition) is 5. The number of aromatic nitrogens is 6. The summed E-state index contributed by atoms with van der Waals surface area (Å²) in [4.78, 5) is 12.4. The standard InChI is InChI=1S/C19H17N7O/c1-25-19(22-23-24-25)15-6-5-7-16(11-15)21-18(27)10-14-12-20-26(13-14)17-8-3-2-4-9-17/h2-9,11-13H,10H2,1H3,(H,21,27). The number of tetrazole rings is 1. The first-order valence-corrected chi connectivity index (χ1v) is 8.41. The minimum absolute atomic E-state index is 0.115. The number of amides is 1. The van der Waals surface area contributed by atoms with E-state index in [4.69, 9.17) is 0 Å². The van der Waals surface area contributed by atoms with Crippen LogP contribution in [0.25, 0.3) is 17.1 Å². The van der Waals surface area contributed by atoms with Gasteiger partial charge in [-0.15, -0.1) is 5.10 Å². The molecule has 0 radical (unpaired) electrons. The zero-order valence-corrected chi connectivity index (χ0v) is 14.6. The summed E-state index contributed by atoms with van der Waals surface area (Å²) in [6, 6.07) is 17.2. The molecule has 0 saturated carbocycles. The predicted octanol–water partition coefficient (Wildman–Crippen LogP) is 2.24. The van der Waals surface area contributed by atoms with Gasteiger partial charge in [-0.1, -0.05) is 30.3 Å². The Hall–Kier alpha value is -3.81. The van der Waals surface area contributed by atoms with Crippen LogP contribution in [0.5, 0.6) is 0 Å². The minimum atomic E-state index is -0.115. The van der Waals surface area contributed by atoms with E-state index in [-0.39, 0.29) is 12.3 Å². The maximum atomic E-state index is 12.4. The topological polar surface area (TPSA) is 90.5 Å². The number of carbonyl (C=O) groups excluding carboxylic acids is 1. The lowest BCUT2D eigenvalue weighted by molar-refractivity contribution is -0.115. The molecule has 2 aromatic carbocycles. The van der Waals surface area contributed by atoms with E-state index in [1.807, 2.05) is 60.8 Å². The fourth-order valence-corrected chi connectivity index (χ4v) is 2.77. The first-order chi connectivity index (χ1) is 13.2. The van der Waals surface area contributed by atoms with Crippen LogP contribution in [0.3, 0.4) is 0 Å². The van der Waals surface area contributed by atoms with E-state index in [0.29, 0.717) is 11.5 Å². The summed E-state index contributed by atoms with van der Waals surface area (Å²) in [5, 5.41) is 18.7. The van der Waals surface area contributed by atoms with Gasteiger partial charge in [0.1, 0.15) is 0 Å². The molecule has 4 aromatic rings. The van der Waals surface area contributed by atoms with Crippen molar-refractivity contribution < 1.29 is 4.79 Å². The van der Waals surface area contributed by atoms with Crippen molar-refractivity contribution in [3.63, 3.8) is 0 Å². The van der Waals surface area contributed by atoms with Gasteiger partial charge in [-0.3, -0.25) is 4.79 Å². The van der Waals surface area contributed by atoms with E-state index in [2.05, 4.69) is 25.9 Å². The highest BCUT2D eigenvalue weighted by atomic mass is 16.1. The number of nitrogens with zero attached hydrogens (tertiary/aromatic N) is 6. The van der Waals surface area contributed by atoms with Crippen molar-refractivity contribution in [2.45, 2.75) is 6.42 Å². The van der Waals surface area contributed by atoms with Gasteiger partial charge in [0.25, 0.3) is 0 Å². The van der Waals surface area contributed by atoms with Gasteiger partial charge < -0.3 is 5.32 Å². The van der Waals surface area contributed by atoms with Crippen LogP contribution >= 0.6 is 0 Å². The average molecular weight is 359 g/mol. The molecule has 0 saturated heterocycles. The Labute approximate surface area is 155 Å². The average Bonchev–Trinajstić information content (AvgIpc) is 3.31. The number of para-hydroxylation sites is 1. The van der Waals surface area contributed by atoms with Crippen molar-refractivity contribution in [2.75, 3.05) is 5.32 Å². The zero-order valence-electron chi connectivity index (χ0n) is 14.6. The van der Waals surface area contributed by atoms with E-state index in [1.54, 1.807) is 22.6 Å². The van der Waals surface area contributed by atoms with E-state index in [0.717, 1.165) is 16.8 Å². The Morgan fingerprint density at radius 2 is 1.96 bits per heavy atom. The fourth-order valence-electron chi connectivity index (χ4n) is 2.77. The maximum Gasteiger partial charge on any atom is 0.228 e. The third-order valence-electron chi connectivity index (χ3n) is 4.05. The predicted molar refractivity (Wildman–Crippen MR) is 100 cm³/mol. The molecule has 2 heterocycles. The van der Waals surface area contributed by atoms with Gasteiger partial charge in [-0.2, -0.15) is 5.10 Å². The summed E-state index contributed by atoms with van der Waals surface area (Å²) < 4.78 is 3.34. The second kappa shape index (κ2) is 7.20. The smallest absolute Gasteiger partial charge is 0.228 e. The highest BCUT2D eigenvalue weighted by Crippen LogP contribution is 2.19. The molecule has 0 bridgehead atoms. The number of anilines is 1. The molecule has 1 amide bonds. The molecule has 2 aromatic heterocycles. The minimum Gasteiger partial charge on any atom is -0.326 e. The van der Waals surface area contributed by atoms with Crippen LogP contribution in [0.1, 0.15) is 5.56 Å². The molecule has 8 nitrogen and oxygen atoms in total. The lowest BCUT2D eigenvalue weighted by Gasteiger charge is -2.06. The van der Waals surface area contributed by atoms with E-state index in [9.17, 15) is 4.79 Å². The Morgan fingerprint density at radius 1 is 1.11 bits per heavy atom. The van der Waals surface area contributed by atoms with Gasteiger partial charge in [-0.25, -0.2) is 9.36 Å². The quantitative estimate of drug-likeness (QED) is 0.590.